The third-order valence-electron chi connectivity index (χ3n) is 5.06. The van der Waals surface area contributed by atoms with E-state index >= 15 is 0 Å². The van der Waals surface area contributed by atoms with Crippen LogP contribution < -0.4 is 15.0 Å². The van der Waals surface area contributed by atoms with E-state index in [4.69, 9.17) is 9.47 Å². The Bertz CT molecular complexity index is 858. The molecule has 8 heteroatoms. The molecular weight excluding hydrogens is 402 g/mol. The predicted molar refractivity (Wildman–Crippen MR) is 120 cm³/mol. The van der Waals surface area contributed by atoms with Gasteiger partial charge in [-0.2, -0.15) is 0 Å². The first-order valence-electron chi connectivity index (χ1n) is 10.2. The van der Waals surface area contributed by atoms with Crippen LogP contribution in [0.4, 0.5) is 10.7 Å². The lowest BCUT2D eigenvalue weighted by Crippen LogP contribution is -2.48. The fourth-order valence-electron chi connectivity index (χ4n) is 3.40. The second-order valence-corrected chi connectivity index (χ2v) is 8.18. The summed E-state index contributed by atoms with van der Waals surface area (Å²) in [6, 6.07) is 9.84. The van der Waals surface area contributed by atoms with E-state index in [1.807, 2.05) is 25.1 Å². The molecule has 0 unspecified atom stereocenters. The molecule has 2 heterocycles. The molecule has 0 spiro atoms. The van der Waals surface area contributed by atoms with Crippen LogP contribution in [0.15, 0.2) is 30.3 Å². The molecule has 1 aromatic heterocycles. The average Bonchev–Trinajstić information content (AvgIpc) is 3.17. The molecule has 1 saturated heterocycles. The van der Waals surface area contributed by atoms with Gasteiger partial charge in [-0.3, -0.25) is 9.69 Å². The molecule has 0 atom stereocenters. The Kier molecular flexibility index (Phi) is 7.70. The van der Waals surface area contributed by atoms with E-state index in [9.17, 15) is 9.59 Å². The maximum atomic E-state index is 12.6. The molecule has 0 radical (unpaired) electrons. The van der Waals surface area contributed by atoms with Crippen LogP contribution in [0.3, 0.4) is 0 Å². The first-order chi connectivity index (χ1) is 14.5. The highest BCUT2D eigenvalue weighted by molar-refractivity contribution is 7.16. The summed E-state index contributed by atoms with van der Waals surface area (Å²) < 4.78 is 10.3. The van der Waals surface area contributed by atoms with E-state index in [1.54, 1.807) is 14.0 Å². The van der Waals surface area contributed by atoms with Crippen LogP contribution in [0, 0.1) is 0 Å². The lowest BCUT2D eigenvalue weighted by atomic mass is 10.2. The number of nitrogens with zero attached hydrogens (tertiary/aromatic N) is 2. The van der Waals surface area contributed by atoms with Crippen LogP contribution >= 0.6 is 11.3 Å². The predicted octanol–water partition coefficient (Wildman–Crippen LogP) is 3.26. The number of benzene rings is 1. The number of anilines is 2. The Morgan fingerprint density at radius 2 is 1.80 bits per heavy atom. The van der Waals surface area contributed by atoms with E-state index in [0.29, 0.717) is 23.7 Å². The summed E-state index contributed by atoms with van der Waals surface area (Å²) in [4.78, 5) is 30.3. The van der Waals surface area contributed by atoms with Gasteiger partial charge in [-0.05, 0) is 43.7 Å². The minimum atomic E-state index is -0.392. The van der Waals surface area contributed by atoms with E-state index < -0.39 is 5.97 Å². The van der Waals surface area contributed by atoms with Crippen molar-refractivity contribution in [1.82, 2.24) is 4.90 Å². The highest BCUT2D eigenvalue weighted by Gasteiger charge is 2.22. The highest BCUT2D eigenvalue weighted by Crippen LogP contribution is 2.29. The fourth-order valence-corrected chi connectivity index (χ4v) is 4.40. The van der Waals surface area contributed by atoms with Crippen molar-refractivity contribution in [3.63, 3.8) is 0 Å². The van der Waals surface area contributed by atoms with Gasteiger partial charge < -0.3 is 19.7 Å². The maximum absolute atomic E-state index is 12.6. The number of aryl methyl sites for hydroxylation is 1. The molecule has 1 N–H and O–H groups in total. The number of thiophene rings is 1. The number of esters is 1. The van der Waals surface area contributed by atoms with Gasteiger partial charge in [-0.15, -0.1) is 11.3 Å². The molecular formula is C22H29N3O4S. The van der Waals surface area contributed by atoms with Gasteiger partial charge in [-0.25, -0.2) is 4.79 Å². The maximum Gasteiger partial charge on any atom is 0.341 e. The first kappa shape index (κ1) is 22.1. The smallest absolute Gasteiger partial charge is 0.341 e. The molecule has 1 aliphatic heterocycles. The van der Waals surface area contributed by atoms with Crippen LogP contribution in [-0.2, 0) is 16.0 Å². The summed E-state index contributed by atoms with van der Waals surface area (Å²) in [6.45, 7) is 7.71. The van der Waals surface area contributed by atoms with Crippen molar-refractivity contribution in [2.75, 3.05) is 56.7 Å². The molecule has 1 fully saturated rings. The van der Waals surface area contributed by atoms with Gasteiger partial charge in [0.1, 0.15) is 10.8 Å². The number of amides is 1. The van der Waals surface area contributed by atoms with Crippen LogP contribution in [-0.4, -0.2) is 63.2 Å². The van der Waals surface area contributed by atoms with E-state index in [0.717, 1.165) is 48.9 Å². The van der Waals surface area contributed by atoms with Gasteiger partial charge >= 0.3 is 5.97 Å². The Balaban J connectivity index is 1.53. The summed E-state index contributed by atoms with van der Waals surface area (Å²) >= 11 is 1.43. The Morgan fingerprint density at radius 1 is 1.10 bits per heavy atom. The van der Waals surface area contributed by atoms with E-state index in [1.165, 1.54) is 11.3 Å². The van der Waals surface area contributed by atoms with Gasteiger partial charge in [0.15, 0.2) is 0 Å². The van der Waals surface area contributed by atoms with Crippen molar-refractivity contribution >= 4 is 33.9 Å². The molecule has 162 valence electrons. The van der Waals surface area contributed by atoms with Crippen molar-refractivity contribution in [1.29, 1.82) is 0 Å². The third kappa shape index (κ3) is 5.52. The largest absolute Gasteiger partial charge is 0.497 e. The van der Waals surface area contributed by atoms with E-state index in [-0.39, 0.29) is 5.91 Å². The number of carbonyl (C=O) groups is 2. The number of hydrogen-bond donors (Lipinski definition) is 1. The third-order valence-corrected chi connectivity index (χ3v) is 6.25. The summed E-state index contributed by atoms with van der Waals surface area (Å²) in [5.41, 5.74) is 1.60. The molecule has 30 heavy (non-hydrogen) atoms. The normalized spacial score (nSPS) is 14.4. The standard InChI is InChI=1S/C22H29N3O4S/c1-4-18-14-19(22(27)29-5-2)21(30-18)23-20(26)15-24-10-12-25(13-11-24)16-6-8-17(28-3)9-7-16/h6-9,14H,4-5,10-13,15H2,1-3H3,(H,23,26). The van der Waals surface area contributed by atoms with Crippen LogP contribution in [0.5, 0.6) is 5.75 Å². The van der Waals surface area contributed by atoms with Crippen LogP contribution in [0.25, 0.3) is 0 Å². The topological polar surface area (TPSA) is 71.1 Å². The summed E-state index contributed by atoms with van der Waals surface area (Å²) in [5.74, 6) is 0.343. The van der Waals surface area contributed by atoms with Crippen molar-refractivity contribution < 1.29 is 19.1 Å². The number of carbonyl (C=O) groups excluding carboxylic acids is 2. The van der Waals surface area contributed by atoms with Gasteiger partial charge in [0.05, 0.1) is 25.8 Å². The number of methoxy groups -OCH3 is 1. The van der Waals surface area contributed by atoms with Crippen LogP contribution in [0.1, 0.15) is 29.1 Å². The number of piperazine rings is 1. The van der Waals surface area contributed by atoms with Crippen molar-refractivity contribution in [3.05, 3.63) is 40.8 Å². The average molecular weight is 432 g/mol. The Labute approximate surface area is 181 Å². The molecule has 1 aromatic carbocycles. The number of rotatable bonds is 8. The molecule has 0 aliphatic carbocycles. The SMILES string of the molecule is CCOC(=O)c1cc(CC)sc1NC(=O)CN1CCN(c2ccc(OC)cc2)CC1. The molecule has 0 saturated carbocycles. The first-order valence-corrected chi connectivity index (χ1v) is 11.1. The fraction of sp³-hybridized carbons (Fsp3) is 0.455. The summed E-state index contributed by atoms with van der Waals surface area (Å²) in [7, 11) is 1.66. The zero-order valence-corrected chi connectivity index (χ0v) is 18.6. The van der Waals surface area contributed by atoms with Gasteiger partial charge in [-0.1, -0.05) is 6.92 Å². The number of nitrogens with one attached hydrogen (secondary N) is 1. The second-order valence-electron chi connectivity index (χ2n) is 7.04. The highest BCUT2D eigenvalue weighted by atomic mass is 32.1. The lowest BCUT2D eigenvalue weighted by Gasteiger charge is -2.35. The zero-order chi connectivity index (χ0) is 21.5. The van der Waals surface area contributed by atoms with Crippen molar-refractivity contribution in [3.8, 4) is 5.75 Å². The molecule has 1 amide bonds. The number of ether oxygens (including phenoxy) is 2. The van der Waals surface area contributed by atoms with Gasteiger partial charge in [0.2, 0.25) is 5.91 Å². The second kappa shape index (κ2) is 10.4. The molecule has 3 rings (SSSR count). The lowest BCUT2D eigenvalue weighted by molar-refractivity contribution is -0.117. The Hall–Kier alpha value is -2.58. The van der Waals surface area contributed by atoms with Gasteiger partial charge in [0.25, 0.3) is 0 Å². The zero-order valence-electron chi connectivity index (χ0n) is 17.8. The number of hydrogen-bond acceptors (Lipinski definition) is 7. The Morgan fingerprint density at radius 3 is 2.40 bits per heavy atom. The monoisotopic (exact) mass is 431 g/mol. The molecule has 1 aliphatic rings. The van der Waals surface area contributed by atoms with Crippen molar-refractivity contribution in [2.45, 2.75) is 20.3 Å². The van der Waals surface area contributed by atoms with E-state index in [2.05, 4.69) is 27.2 Å². The minimum Gasteiger partial charge on any atom is -0.497 e. The summed E-state index contributed by atoms with van der Waals surface area (Å²) in [6.07, 6.45) is 0.806. The molecule has 0 bridgehead atoms. The quantitative estimate of drug-likeness (QED) is 0.647. The summed E-state index contributed by atoms with van der Waals surface area (Å²) in [5, 5.41) is 3.49. The van der Waals surface area contributed by atoms with Crippen LogP contribution in [0.2, 0.25) is 0 Å². The van der Waals surface area contributed by atoms with Crippen molar-refractivity contribution in [2.24, 2.45) is 0 Å². The minimum absolute atomic E-state index is 0.108. The van der Waals surface area contributed by atoms with Gasteiger partial charge in [0, 0.05) is 36.7 Å². The molecule has 7 nitrogen and oxygen atoms in total. The molecule has 2 aromatic rings.